The molecule has 0 saturated carbocycles. The summed E-state index contributed by atoms with van der Waals surface area (Å²) in [6, 6.07) is 2.23. The molecular formula is C10H14N2O. The summed E-state index contributed by atoms with van der Waals surface area (Å²) in [7, 11) is 0. The first-order valence-corrected chi connectivity index (χ1v) is 4.68. The van der Waals surface area contributed by atoms with Crippen molar-refractivity contribution < 1.29 is 4.79 Å². The summed E-state index contributed by atoms with van der Waals surface area (Å²) in [5.41, 5.74) is 2.25. The second-order valence-corrected chi connectivity index (χ2v) is 3.70. The van der Waals surface area contributed by atoms with Crippen molar-refractivity contribution >= 4 is 11.6 Å². The zero-order valence-electron chi connectivity index (χ0n) is 8.00. The molecule has 3 heteroatoms. The quantitative estimate of drug-likeness (QED) is 0.698. The van der Waals surface area contributed by atoms with Gasteiger partial charge in [-0.05, 0) is 26.3 Å². The van der Waals surface area contributed by atoms with Crippen molar-refractivity contribution in [1.82, 2.24) is 4.98 Å². The van der Waals surface area contributed by atoms with Crippen LogP contribution in [-0.4, -0.2) is 16.9 Å². The minimum atomic E-state index is 0.238. The highest BCUT2D eigenvalue weighted by Crippen LogP contribution is 2.28. The number of hydrogen-bond acceptors (Lipinski definition) is 1. The van der Waals surface area contributed by atoms with Crippen molar-refractivity contribution in [3.63, 3.8) is 0 Å². The Morgan fingerprint density at radius 1 is 1.46 bits per heavy atom. The van der Waals surface area contributed by atoms with Gasteiger partial charge in [0.15, 0.2) is 0 Å². The Kier molecular flexibility index (Phi) is 1.87. The Morgan fingerprint density at radius 3 is 2.92 bits per heavy atom. The molecule has 1 amide bonds. The number of amides is 1. The Hall–Kier alpha value is -1.25. The lowest BCUT2D eigenvalue weighted by Crippen LogP contribution is -2.39. The number of carbonyl (C=O) groups is 1. The largest absolute Gasteiger partial charge is 0.363 e. The van der Waals surface area contributed by atoms with E-state index in [-0.39, 0.29) is 11.9 Å². The van der Waals surface area contributed by atoms with E-state index in [2.05, 4.69) is 4.98 Å². The van der Waals surface area contributed by atoms with Gasteiger partial charge in [-0.2, -0.15) is 0 Å². The van der Waals surface area contributed by atoms with Crippen LogP contribution in [0.25, 0.3) is 0 Å². The summed E-state index contributed by atoms with van der Waals surface area (Å²) >= 11 is 0. The van der Waals surface area contributed by atoms with Crippen molar-refractivity contribution in [3.05, 3.63) is 18.0 Å². The van der Waals surface area contributed by atoms with E-state index in [1.165, 1.54) is 5.69 Å². The lowest BCUT2D eigenvalue weighted by molar-refractivity contribution is -0.119. The molecule has 0 atom stereocenters. The van der Waals surface area contributed by atoms with Crippen LogP contribution in [0.3, 0.4) is 0 Å². The number of anilines is 1. The predicted octanol–water partition coefficient (Wildman–Crippen LogP) is 1.70. The SMILES string of the molecule is CC(C)N1C(=O)CCc2[nH]ccc21. The Labute approximate surface area is 77.7 Å². The van der Waals surface area contributed by atoms with Crippen molar-refractivity contribution in [2.24, 2.45) is 0 Å². The molecule has 1 N–H and O–H groups in total. The topological polar surface area (TPSA) is 36.1 Å². The van der Waals surface area contributed by atoms with Gasteiger partial charge >= 0.3 is 0 Å². The van der Waals surface area contributed by atoms with E-state index in [4.69, 9.17) is 0 Å². The minimum Gasteiger partial charge on any atom is -0.363 e. The molecule has 1 aromatic heterocycles. The van der Waals surface area contributed by atoms with Crippen molar-refractivity contribution in [2.75, 3.05) is 4.90 Å². The average molecular weight is 178 g/mol. The molecule has 2 rings (SSSR count). The molecule has 0 radical (unpaired) electrons. The van der Waals surface area contributed by atoms with E-state index >= 15 is 0 Å². The third-order valence-corrected chi connectivity index (χ3v) is 2.44. The molecule has 1 aromatic rings. The molecule has 2 heterocycles. The first-order chi connectivity index (χ1) is 6.20. The van der Waals surface area contributed by atoms with Gasteiger partial charge in [-0.1, -0.05) is 0 Å². The maximum Gasteiger partial charge on any atom is 0.227 e. The van der Waals surface area contributed by atoms with Gasteiger partial charge < -0.3 is 9.88 Å². The molecule has 3 nitrogen and oxygen atoms in total. The van der Waals surface area contributed by atoms with Gasteiger partial charge in [0.05, 0.1) is 5.69 Å². The normalized spacial score (nSPS) is 16.5. The highest BCUT2D eigenvalue weighted by atomic mass is 16.2. The third kappa shape index (κ3) is 1.24. The van der Waals surface area contributed by atoms with Gasteiger partial charge in [0.2, 0.25) is 5.91 Å². The van der Waals surface area contributed by atoms with Crippen LogP contribution >= 0.6 is 0 Å². The van der Waals surface area contributed by atoms with Crippen LogP contribution in [0.2, 0.25) is 0 Å². The van der Waals surface area contributed by atoms with Crippen molar-refractivity contribution in [2.45, 2.75) is 32.7 Å². The molecule has 0 bridgehead atoms. The molecule has 0 unspecified atom stereocenters. The third-order valence-electron chi connectivity index (χ3n) is 2.44. The van der Waals surface area contributed by atoms with Gasteiger partial charge in [-0.3, -0.25) is 4.79 Å². The predicted molar refractivity (Wildman–Crippen MR) is 51.7 cm³/mol. The first-order valence-electron chi connectivity index (χ1n) is 4.68. The zero-order chi connectivity index (χ0) is 9.42. The summed E-state index contributed by atoms with van der Waals surface area (Å²) in [6.07, 6.45) is 3.38. The number of fused-ring (bicyclic) bond motifs is 1. The lowest BCUT2D eigenvalue weighted by atomic mass is 10.1. The van der Waals surface area contributed by atoms with Gasteiger partial charge in [0, 0.05) is 24.4 Å². The number of nitrogens with one attached hydrogen (secondary N) is 1. The van der Waals surface area contributed by atoms with Gasteiger partial charge in [0.25, 0.3) is 0 Å². The molecule has 0 aliphatic carbocycles. The number of rotatable bonds is 1. The molecule has 1 aliphatic heterocycles. The summed E-state index contributed by atoms with van der Waals surface area (Å²) in [5, 5.41) is 0. The zero-order valence-corrected chi connectivity index (χ0v) is 8.00. The summed E-state index contributed by atoms with van der Waals surface area (Å²) in [5.74, 6) is 0.238. The van der Waals surface area contributed by atoms with Crippen LogP contribution < -0.4 is 4.90 Å². The fourth-order valence-electron chi connectivity index (χ4n) is 1.87. The average Bonchev–Trinajstić information content (AvgIpc) is 2.50. The number of aryl methyl sites for hydroxylation is 1. The van der Waals surface area contributed by atoms with Gasteiger partial charge in [0.1, 0.15) is 0 Å². The summed E-state index contributed by atoms with van der Waals surface area (Å²) < 4.78 is 0. The molecular weight excluding hydrogens is 164 g/mol. The van der Waals surface area contributed by atoms with E-state index in [0.29, 0.717) is 6.42 Å². The molecule has 13 heavy (non-hydrogen) atoms. The first kappa shape index (κ1) is 8.35. The number of aromatic nitrogens is 1. The number of carbonyl (C=O) groups excluding carboxylic acids is 1. The van der Waals surface area contributed by atoms with E-state index in [9.17, 15) is 4.79 Å². The smallest absolute Gasteiger partial charge is 0.227 e. The van der Waals surface area contributed by atoms with Crippen LogP contribution in [0.15, 0.2) is 12.3 Å². The van der Waals surface area contributed by atoms with Crippen molar-refractivity contribution in [3.8, 4) is 0 Å². The molecule has 1 aliphatic rings. The molecule has 0 saturated heterocycles. The number of nitrogens with zero attached hydrogens (tertiary/aromatic N) is 1. The van der Waals surface area contributed by atoms with Crippen molar-refractivity contribution in [1.29, 1.82) is 0 Å². The minimum absolute atomic E-state index is 0.238. The maximum atomic E-state index is 11.6. The Balaban J connectivity index is 2.42. The van der Waals surface area contributed by atoms with Crippen LogP contribution in [0, 0.1) is 0 Å². The molecule has 0 fully saturated rings. The van der Waals surface area contributed by atoms with Crippen LogP contribution in [0.5, 0.6) is 0 Å². The van der Waals surface area contributed by atoms with E-state index < -0.39 is 0 Å². The highest BCUT2D eigenvalue weighted by molar-refractivity contribution is 5.96. The van der Waals surface area contributed by atoms with Crippen LogP contribution in [-0.2, 0) is 11.2 Å². The molecule has 0 aromatic carbocycles. The van der Waals surface area contributed by atoms with Crippen LogP contribution in [0.1, 0.15) is 26.0 Å². The summed E-state index contributed by atoms with van der Waals surface area (Å²) in [4.78, 5) is 16.6. The van der Waals surface area contributed by atoms with E-state index in [1.54, 1.807) is 0 Å². The fourth-order valence-corrected chi connectivity index (χ4v) is 1.87. The monoisotopic (exact) mass is 178 g/mol. The van der Waals surface area contributed by atoms with Gasteiger partial charge in [-0.15, -0.1) is 0 Å². The number of H-pyrrole nitrogens is 1. The van der Waals surface area contributed by atoms with Crippen LogP contribution in [0.4, 0.5) is 5.69 Å². The van der Waals surface area contributed by atoms with Gasteiger partial charge in [-0.25, -0.2) is 0 Å². The van der Waals surface area contributed by atoms with E-state index in [1.807, 2.05) is 31.0 Å². The second kappa shape index (κ2) is 2.91. The standard InChI is InChI=1S/C10H14N2O/c1-7(2)12-9-5-6-11-8(9)3-4-10(12)13/h5-7,11H,3-4H2,1-2H3. The summed E-state index contributed by atoms with van der Waals surface area (Å²) in [6.45, 7) is 4.08. The highest BCUT2D eigenvalue weighted by Gasteiger charge is 2.26. The Morgan fingerprint density at radius 2 is 2.23 bits per heavy atom. The fraction of sp³-hybridized carbons (Fsp3) is 0.500. The molecule has 0 spiro atoms. The number of aromatic amines is 1. The maximum absolute atomic E-state index is 11.6. The Bertz CT molecular complexity index is 327. The van der Waals surface area contributed by atoms with E-state index in [0.717, 1.165) is 12.1 Å². The second-order valence-electron chi connectivity index (χ2n) is 3.70. The molecule has 70 valence electrons. The number of hydrogen-bond donors (Lipinski definition) is 1. The lowest BCUT2D eigenvalue weighted by Gasteiger charge is -2.30.